The summed E-state index contributed by atoms with van der Waals surface area (Å²) in [7, 11) is 1.73. The first-order valence-corrected chi connectivity index (χ1v) is 10.6. The summed E-state index contributed by atoms with van der Waals surface area (Å²) in [6, 6.07) is 7.99. The van der Waals surface area contributed by atoms with Crippen molar-refractivity contribution in [2.45, 2.75) is 65.0 Å². The van der Waals surface area contributed by atoms with Gasteiger partial charge in [-0.2, -0.15) is 0 Å². The maximum absolute atomic E-state index is 12.3. The average Bonchev–Trinajstić information content (AvgIpc) is 3.10. The van der Waals surface area contributed by atoms with E-state index in [0.717, 1.165) is 36.1 Å². The van der Waals surface area contributed by atoms with Gasteiger partial charge < -0.3 is 25.7 Å². The summed E-state index contributed by atoms with van der Waals surface area (Å²) < 4.78 is 5.43. The number of aromatic nitrogens is 2. The molecule has 1 aromatic heterocycles. The van der Waals surface area contributed by atoms with Gasteiger partial charge in [0.1, 0.15) is 11.4 Å². The lowest BCUT2D eigenvalue weighted by Crippen LogP contribution is -2.57. The molecule has 0 radical (unpaired) electrons. The Morgan fingerprint density at radius 2 is 1.87 bits per heavy atom. The van der Waals surface area contributed by atoms with Gasteiger partial charge in [0.05, 0.1) is 16.6 Å². The lowest BCUT2D eigenvalue weighted by atomic mass is 9.93. The predicted molar refractivity (Wildman–Crippen MR) is 122 cm³/mol. The molecule has 166 valence electrons. The highest BCUT2D eigenvalue weighted by Gasteiger charge is 2.30. The second-order valence-corrected chi connectivity index (χ2v) is 8.42. The highest BCUT2D eigenvalue weighted by molar-refractivity contribution is 5.80. The van der Waals surface area contributed by atoms with Crippen LogP contribution in [0.4, 0.5) is 4.79 Å². The van der Waals surface area contributed by atoms with Crippen molar-refractivity contribution in [1.29, 1.82) is 0 Å². The Bertz CT molecular complexity index is 816. The molecular formula is C22H36N6O2. The van der Waals surface area contributed by atoms with E-state index >= 15 is 0 Å². The standard InChI is InChI=1S/C22H36N6O2/c1-7-22(8-2,28-20(29)30-21(3,4)5)15-25-19(23-6)24-14-13-18-26-16-11-9-10-12-17(16)27-18/h9-12H,7-8,13-15H2,1-6H3,(H,26,27)(H,28,29)(H2,23,24,25). The minimum Gasteiger partial charge on any atom is -0.444 e. The molecule has 1 amide bonds. The number of nitrogens with zero attached hydrogens (tertiary/aromatic N) is 2. The minimum absolute atomic E-state index is 0.402. The number of nitrogens with one attached hydrogen (secondary N) is 4. The van der Waals surface area contributed by atoms with Gasteiger partial charge in [-0.1, -0.05) is 26.0 Å². The first-order valence-electron chi connectivity index (χ1n) is 10.6. The van der Waals surface area contributed by atoms with E-state index in [1.165, 1.54) is 0 Å². The lowest BCUT2D eigenvalue weighted by Gasteiger charge is -2.34. The largest absolute Gasteiger partial charge is 0.444 e. The van der Waals surface area contributed by atoms with Crippen molar-refractivity contribution in [1.82, 2.24) is 25.9 Å². The second kappa shape index (κ2) is 10.3. The van der Waals surface area contributed by atoms with Crippen molar-refractivity contribution < 1.29 is 9.53 Å². The number of para-hydroxylation sites is 2. The van der Waals surface area contributed by atoms with Crippen LogP contribution in [0, 0.1) is 0 Å². The smallest absolute Gasteiger partial charge is 0.408 e. The molecule has 0 aliphatic carbocycles. The number of rotatable bonds is 8. The van der Waals surface area contributed by atoms with Crippen LogP contribution >= 0.6 is 0 Å². The highest BCUT2D eigenvalue weighted by atomic mass is 16.6. The number of ether oxygens (including phenoxy) is 1. The van der Waals surface area contributed by atoms with E-state index in [9.17, 15) is 4.79 Å². The number of alkyl carbamates (subject to hydrolysis) is 1. The van der Waals surface area contributed by atoms with E-state index in [0.29, 0.717) is 19.0 Å². The van der Waals surface area contributed by atoms with E-state index in [1.807, 2.05) is 45.0 Å². The molecule has 0 aliphatic heterocycles. The van der Waals surface area contributed by atoms with Gasteiger partial charge in [-0.3, -0.25) is 4.99 Å². The lowest BCUT2D eigenvalue weighted by molar-refractivity contribution is 0.0448. The van der Waals surface area contributed by atoms with Gasteiger partial charge in [-0.25, -0.2) is 9.78 Å². The molecular weight excluding hydrogens is 380 g/mol. The van der Waals surface area contributed by atoms with Gasteiger partial charge in [-0.15, -0.1) is 0 Å². The van der Waals surface area contributed by atoms with Crippen molar-refractivity contribution in [2.75, 3.05) is 20.1 Å². The fraction of sp³-hybridized carbons (Fsp3) is 0.591. The second-order valence-electron chi connectivity index (χ2n) is 8.42. The van der Waals surface area contributed by atoms with Crippen LogP contribution in [0.1, 0.15) is 53.3 Å². The van der Waals surface area contributed by atoms with E-state index in [4.69, 9.17) is 4.74 Å². The Morgan fingerprint density at radius 1 is 1.17 bits per heavy atom. The van der Waals surface area contributed by atoms with Crippen LogP contribution in [-0.2, 0) is 11.2 Å². The number of amides is 1. The number of aromatic amines is 1. The average molecular weight is 417 g/mol. The Hall–Kier alpha value is -2.77. The van der Waals surface area contributed by atoms with Crippen molar-refractivity contribution in [3.05, 3.63) is 30.1 Å². The Kier molecular flexibility index (Phi) is 8.08. The fourth-order valence-corrected chi connectivity index (χ4v) is 3.14. The molecule has 1 heterocycles. The van der Waals surface area contributed by atoms with Crippen LogP contribution in [0.2, 0.25) is 0 Å². The molecule has 0 bridgehead atoms. The van der Waals surface area contributed by atoms with E-state index < -0.39 is 17.2 Å². The maximum atomic E-state index is 12.3. The van der Waals surface area contributed by atoms with Gasteiger partial charge in [0.25, 0.3) is 0 Å². The monoisotopic (exact) mass is 416 g/mol. The van der Waals surface area contributed by atoms with Crippen LogP contribution < -0.4 is 16.0 Å². The quantitative estimate of drug-likeness (QED) is 0.390. The predicted octanol–water partition coefficient (Wildman–Crippen LogP) is 3.35. The molecule has 2 aromatic rings. The molecule has 0 saturated carbocycles. The molecule has 0 aliphatic rings. The molecule has 8 nitrogen and oxygen atoms in total. The normalized spacial score (nSPS) is 12.7. The number of guanidine groups is 1. The Morgan fingerprint density at radius 3 is 2.47 bits per heavy atom. The first kappa shape index (κ1) is 23.5. The summed E-state index contributed by atoms with van der Waals surface area (Å²) in [5, 5.41) is 9.68. The zero-order valence-corrected chi connectivity index (χ0v) is 19.1. The van der Waals surface area contributed by atoms with Crippen molar-refractivity contribution in [3.63, 3.8) is 0 Å². The third-order valence-corrected chi connectivity index (χ3v) is 5.03. The maximum Gasteiger partial charge on any atom is 0.408 e. The van der Waals surface area contributed by atoms with Crippen LogP contribution in [0.5, 0.6) is 0 Å². The van der Waals surface area contributed by atoms with Crippen molar-refractivity contribution in [3.8, 4) is 0 Å². The zero-order chi connectivity index (χ0) is 22.2. The fourth-order valence-electron chi connectivity index (χ4n) is 3.14. The third-order valence-electron chi connectivity index (χ3n) is 5.03. The number of hydrogen-bond donors (Lipinski definition) is 4. The number of H-pyrrole nitrogens is 1. The number of hydrogen-bond acceptors (Lipinski definition) is 4. The van der Waals surface area contributed by atoms with Crippen molar-refractivity contribution >= 4 is 23.1 Å². The third kappa shape index (κ3) is 6.93. The molecule has 8 heteroatoms. The topological polar surface area (TPSA) is 103 Å². The van der Waals surface area contributed by atoms with Gasteiger partial charge in [0, 0.05) is 26.6 Å². The molecule has 1 aromatic carbocycles. The van der Waals surface area contributed by atoms with Crippen LogP contribution in [0.3, 0.4) is 0 Å². The van der Waals surface area contributed by atoms with E-state index in [-0.39, 0.29) is 0 Å². The number of carbonyl (C=O) groups excluding carboxylic acids is 1. The van der Waals surface area contributed by atoms with Gasteiger partial charge in [0.2, 0.25) is 0 Å². The summed E-state index contributed by atoms with van der Waals surface area (Å²) in [5.74, 6) is 1.62. The Labute approximate surface area is 179 Å². The molecule has 0 atom stereocenters. The summed E-state index contributed by atoms with van der Waals surface area (Å²) >= 11 is 0. The number of benzene rings is 1. The summed E-state index contributed by atoms with van der Waals surface area (Å²) in [5.41, 5.74) is 1.07. The molecule has 0 saturated heterocycles. The van der Waals surface area contributed by atoms with Crippen LogP contribution in [0.15, 0.2) is 29.3 Å². The highest BCUT2D eigenvalue weighted by Crippen LogP contribution is 2.16. The number of carbonyl (C=O) groups is 1. The van der Waals surface area contributed by atoms with E-state index in [2.05, 4.69) is 44.8 Å². The van der Waals surface area contributed by atoms with E-state index in [1.54, 1.807) is 7.05 Å². The van der Waals surface area contributed by atoms with Crippen molar-refractivity contribution in [2.24, 2.45) is 4.99 Å². The molecule has 0 unspecified atom stereocenters. The SMILES string of the molecule is CCC(CC)(CNC(=NC)NCCc1nc2ccccc2[nH]1)NC(=O)OC(C)(C)C. The number of imidazole rings is 1. The number of fused-ring (bicyclic) bond motifs is 1. The molecule has 4 N–H and O–H groups in total. The molecule has 2 rings (SSSR count). The van der Waals surface area contributed by atoms with Gasteiger partial charge in [0.15, 0.2) is 5.96 Å². The molecule has 0 spiro atoms. The van der Waals surface area contributed by atoms with Crippen LogP contribution in [0.25, 0.3) is 11.0 Å². The minimum atomic E-state index is -0.529. The summed E-state index contributed by atoms with van der Waals surface area (Å²) in [4.78, 5) is 24.5. The van der Waals surface area contributed by atoms with Crippen LogP contribution in [-0.4, -0.2) is 53.3 Å². The Balaban J connectivity index is 1.87. The van der Waals surface area contributed by atoms with Gasteiger partial charge >= 0.3 is 6.09 Å². The molecule has 30 heavy (non-hydrogen) atoms. The summed E-state index contributed by atoms with van der Waals surface area (Å²) in [6.45, 7) is 10.9. The summed E-state index contributed by atoms with van der Waals surface area (Å²) in [6.07, 6.45) is 1.89. The van der Waals surface area contributed by atoms with Gasteiger partial charge in [-0.05, 0) is 45.7 Å². The number of aliphatic imine (C=N–C) groups is 1. The zero-order valence-electron chi connectivity index (χ0n) is 19.1. The molecule has 0 fully saturated rings. The first-order chi connectivity index (χ1) is 14.2.